The van der Waals surface area contributed by atoms with Crippen LogP contribution in [0.1, 0.15) is 22.8 Å². The van der Waals surface area contributed by atoms with Crippen LogP contribution in [0.15, 0.2) is 22.8 Å². The molecule has 3 heterocycles. The maximum atomic E-state index is 6.05. The van der Waals surface area contributed by atoms with Gasteiger partial charge in [-0.3, -0.25) is 0 Å². The zero-order valence-electron chi connectivity index (χ0n) is 12.0. The smallest absolute Gasteiger partial charge is 0.146 e. The van der Waals surface area contributed by atoms with E-state index in [2.05, 4.69) is 28.4 Å². The molecule has 0 amide bonds. The molecule has 2 N–H and O–H groups in total. The number of nitrogens with two attached hydrogens (primary N) is 1. The maximum absolute atomic E-state index is 6.05. The Labute approximate surface area is 117 Å². The Hall–Kier alpha value is -2.30. The fourth-order valence-corrected chi connectivity index (χ4v) is 2.63. The van der Waals surface area contributed by atoms with Crippen LogP contribution in [0.5, 0.6) is 0 Å². The molecule has 0 aliphatic heterocycles. The second kappa shape index (κ2) is 4.67. The van der Waals surface area contributed by atoms with Gasteiger partial charge in [0, 0.05) is 18.7 Å². The van der Waals surface area contributed by atoms with Crippen LogP contribution in [-0.2, 0) is 13.0 Å². The molecular weight excluding hydrogens is 252 g/mol. The van der Waals surface area contributed by atoms with Gasteiger partial charge in [0.25, 0.3) is 0 Å². The van der Waals surface area contributed by atoms with Crippen molar-refractivity contribution in [1.29, 1.82) is 0 Å². The summed E-state index contributed by atoms with van der Waals surface area (Å²) in [6.07, 6.45) is 2.53. The molecule has 20 heavy (non-hydrogen) atoms. The van der Waals surface area contributed by atoms with E-state index in [-0.39, 0.29) is 0 Å². The predicted molar refractivity (Wildman–Crippen MR) is 78.6 cm³/mol. The number of hydrogen-bond acceptors (Lipinski definition) is 4. The number of hydrogen-bond donors (Lipinski definition) is 1. The molecule has 3 rings (SSSR count). The lowest BCUT2D eigenvalue weighted by Crippen LogP contribution is -2.05. The fourth-order valence-electron chi connectivity index (χ4n) is 2.63. The summed E-state index contributed by atoms with van der Waals surface area (Å²) in [6, 6.07) is 3.90. The number of nitrogen functional groups attached to an aromatic ring is 1. The lowest BCUT2D eigenvalue weighted by molar-refractivity contribution is 0.491. The van der Waals surface area contributed by atoms with Gasteiger partial charge in [-0.25, -0.2) is 9.97 Å². The van der Waals surface area contributed by atoms with Crippen molar-refractivity contribution in [1.82, 2.24) is 14.5 Å². The van der Waals surface area contributed by atoms with E-state index in [0.29, 0.717) is 11.6 Å². The van der Waals surface area contributed by atoms with Crippen LogP contribution < -0.4 is 5.73 Å². The van der Waals surface area contributed by atoms with Crippen LogP contribution in [-0.4, -0.2) is 14.5 Å². The molecule has 0 atom stereocenters. The van der Waals surface area contributed by atoms with Crippen molar-refractivity contribution < 1.29 is 4.42 Å². The third-order valence-corrected chi connectivity index (χ3v) is 3.77. The third-order valence-electron chi connectivity index (χ3n) is 3.77. The predicted octanol–water partition coefficient (Wildman–Crippen LogP) is 2.77. The van der Waals surface area contributed by atoms with Gasteiger partial charge in [-0.1, -0.05) is 0 Å². The summed E-state index contributed by atoms with van der Waals surface area (Å²) in [5.74, 6) is 2.24. The fraction of sp³-hybridized carbons (Fsp3) is 0.333. The highest BCUT2D eigenvalue weighted by atomic mass is 16.3. The van der Waals surface area contributed by atoms with E-state index in [9.17, 15) is 0 Å². The normalized spacial score (nSPS) is 11.3. The Morgan fingerprint density at radius 2 is 2.05 bits per heavy atom. The second-order valence-corrected chi connectivity index (χ2v) is 5.05. The molecule has 5 nitrogen and oxygen atoms in total. The number of rotatable bonds is 3. The number of nitrogens with zero attached hydrogens (tertiary/aromatic N) is 3. The van der Waals surface area contributed by atoms with Crippen molar-refractivity contribution in [3.8, 4) is 0 Å². The van der Waals surface area contributed by atoms with E-state index < -0.39 is 0 Å². The Morgan fingerprint density at radius 3 is 2.75 bits per heavy atom. The molecule has 0 fully saturated rings. The van der Waals surface area contributed by atoms with Crippen LogP contribution in [0.25, 0.3) is 11.0 Å². The highest BCUT2D eigenvalue weighted by Crippen LogP contribution is 2.27. The van der Waals surface area contributed by atoms with Crippen molar-refractivity contribution in [2.75, 3.05) is 5.73 Å². The molecule has 0 radical (unpaired) electrons. The average molecular weight is 270 g/mol. The van der Waals surface area contributed by atoms with Gasteiger partial charge in [-0.2, -0.15) is 0 Å². The SMILES string of the molecule is Cc1nc(N)c2c(C)c(C)n(CCc3ccco3)c2n1. The number of fused-ring (bicyclic) bond motifs is 1. The van der Waals surface area contributed by atoms with Gasteiger partial charge in [-0.05, 0) is 38.5 Å². The second-order valence-electron chi connectivity index (χ2n) is 5.05. The molecule has 0 unspecified atom stereocenters. The van der Waals surface area contributed by atoms with Crippen LogP contribution in [0, 0.1) is 20.8 Å². The van der Waals surface area contributed by atoms with Crippen LogP contribution in [0.3, 0.4) is 0 Å². The summed E-state index contributed by atoms with van der Waals surface area (Å²) < 4.78 is 7.58. The van der Waals surface area contributed by atoms with Crippen molar-refractivity contribution in [3.05, 3.63) is 41.2 Å². The first-order chi connectivity index (χ1) is 9.58. The van der Waals surface area contributed by atoms with Gasteiger partial charge < -0.3 is 14.7 Å². The van der Waals surface area contributed by atoms with E-state index >= 15 is 0 Å². The molecule has 5 heteroatoms. The van der Waals surface area contributed by atoms with Crippen LogP contribution in [0.2, 0.25) is 0 Å². The standard InChI is InChI=1S/C15H18N4O/c1-9-10(2)19(7-6-12-5-4-8-20-12)15-13(9)14(16)17-11(3)18-15/h4-5,8H,6-7H2,1-3H3,(H2,16,17,18). The average Bonchev–Trinajstić information content (AvgIpc) is 2.97. The molecule has 0 bridgehead atoms. The van der Waals surface area contributed by atoms with E-state index in [1.54, 1.807) is 6.26 Å². The van der Waals surface area contributed by atoms with E-state index in [1.807, 2.05) is 19.1 Å². The molecule has 0 saturated carbocycles. The largest absolute Gasteiger partial charge is 0.469 e. The summed E-state index contributed by atoms with van der Waals surface area (Å²) in [7, 11) is 0. The molecule has 0 saturated heterocycles. The zero-order chi connectivity index (χ0) is 14.3. The first kappa shape index (κ1) is 12.7. The lowest BCUT2D eigenvalue weighted by atomic mass is 10.2. The summed E-state index contributed by atoms with van der Waals surface area (Å²) in [6.45, 7) is 6.84. The number of anilines is 1. The minimum absolute atomic E-state index is 0.560. The van der Waals surface area contributed by atoms with Crippen LogP contribution in [0.4, 0.5) is 5.82 Å². The Kier molecular flexibility index (Phi) is 2.97. The molecule has 0 aliphatic carbocycles. The molecule has 0 spiro atoms. The monoisotopic (exact) mass is 270 g/mol. The molecule has 3 aromatic heterocycles. The number of aryl methyl sites for hydroxylation is 4. The van der Waals surface area contributed by atoms with Crippen LogP contribution >= 0.6 is 0 Å². The first-order valence-corrected chi connectivity index (χ1v) is 6.70. The summed E-state index contributed by atoms with van der Waals surface area (Å²) >= 11 is 0. The van der Waals surface area contributed by atoms with Crippen molar-refractivity contribution in [3.63, 3.8) is 0 Å². The topological polar surface area (TPSA) is 69.9 Å². The third kappa shape index (κ3) is 1.95. The van der Waals surface area contributed by atoms with E-state index in [0.717, 1.165) is 35.3 Å². The number of aromatic nitrogens is 3. The minimum Gasteiger partial charge on any atom is -0.469 e. The highest BCUT2D eigenvalue weighted by Gasteiger charge is 2.16. The van der Waals surface area contributed by atoms with Crippen molar-refractivity contribution in [2.45, 2.75) is 33.7 Å². The van der Waals surface area contributed by atoms with Gasteiger partial charge in [0.15, 0.2) is 0 Å². The van der Waals surface area contributed by atoms with Gasteiger partial charge in [0.2, 0.25) is 0 Å². The quantitative estimate of drug-likeness (QED) is 0.794. The van der Waals surface area contributed by atoms with Crippen molar-refractivity contribution >= 4 is 16.9 Å². The molecular formula is C15H18N4O. The van der Waals surface area contributed by atoms with Gasteiger partial charge >= 0.3 is 0 Å². The Morgan fingerprint density at radius 1 is 1.25 bits per heavy atom. The molecule has 0 aliphatic rings. The van der Waals surface area contributed by atoms with Gasteiger partial charge in [0.05, 0.1) is 11.6 Å². The number of furan rings is 1. The minimum atomic E-state index is 0.560. The lowest BCUT2D eigenvalue weighted by Gasteiger charge is -2.07. The van der Waals surface area contributed by atoms with E-state index in [1.165, 1.54) is 5.69 Å². The summed E-state index contributed by atoms with van der Waals surface area (Å²) in [5, 5.41) is 0.965. The zero-order valence-corrected chi connectivity index (χ0v) is 12.0. The van der Waals surface area contributed by atoms with Crippen molar-refractivity contribution in [2.24, 2.45) is 0 Å². The molecule has 104 valence electrons. The van der Waals surface area contributed by atoms with Gasteiger partial charge in [0.1, 0.15) is 23.0 Å². The molecule has 0 aromatic carbocycles. The first-order valence-electron chi connectivity index (χ1n) is 6.70. The van der Waals surface area contributed by atoms with E-state index in [4.69, 9.17) is 10.2 Å². The highest BCUT2D eigenvalue weighted by molar-refractivity contribution is 5.91. The summed E-state index contributed by atoms with van der Waals surface area (Å²) in [5.41, 5.74) is 9.29. The van der Waals surface area contributed by atoms with Gasteiger partial charge in [-0.15, -0.1) is 0 Å². The maximum Gasteiger partial charge on any atom is 0.146 e. The molecule has 3 aromatic rings. The Balaban J connectivity index is 2.07. The summed E-state index contributed by atoms with van der Waals surface area (Å²) in [4.78, 5) is 8.82. The Bertz CT molecular complexity index is 756.